The largest absolute Gasteiger partial charge is 0.431 e. The second-order valence-electron chi connectivity index (χ2n) is 6.27. The molecule has 2 fully saturated rings. The minimum absolute atomic E-state index is 0.0609. The van der Waals surface area contributed by atoms with Gasteiger partial charge in [0.1, 0.15) is 12.1 Å². The van der Waals surface area contributed by atoms with Gasteiger partial charge in [-0.2, -0.15) is 4.98 Å². The highest BCUT2D eigenvalue weighted by Gasteiger charge is 2.31. The quantitative estimate of drug-likeness (QED) is 0.903. The molecule has 1 saturated carbocycles. The van der Waals surface area contributed by atoms with Gasteiger partial charge >= 0.3 is 6.01 Å². The molecule has 0 unspecified atom stereocenters. The van der Waals surface area contributed by atoms with Gasteiger partial charge in [0.25, 0.3) is 5.91 Å². The Labute approximate surface area is 144 Å². The molecule has 0 radical (unpaired) electrons. The van der Waals surface area contributed by atoms with Gasteiger partial charge < -0.3 is 14.2 Å². The number of nitrogens with zero attached hydrogens (tertiary/aromatic N) is 4. The number of nitrogens with one attached hydrogen (secondary N) is 1. The summed E-state index contributed by atoms with van der Waals surface area (Å²) in [4.78, 5) is 36.6. The summed E-state index contributed by atoms with van der Waals surface area (Å²) in [5, 5.41) is 2.61. The third-order valence-electron chi connectivity index (χ3n) is 4.44. The lowest BCUT2D eigenvalue weighted by Crippen LogP contribution is -2.49. The lowest BCUT2D eigenvalue weighted by atomic mass is 10.3. The van der Waals surface area contributed by atoms with Gasteiger partial charge in [-0.05, 0) is 25.0 Å². The molecular weight excluding hydrogens is 322 g/mol. The molecule has 130 valence electrons. The molecule has 2 aliphatic rings. The van der Waals surface area contributed by atoms with Crippen LogP contribution in [0.3, 0.4) is 0 Å². The van der Waals surface area contributed by atoms with Gasteiger partial charge in [0.2, 0.25) is 5.91 Å². The molecule has 3 heterocycles. The normalized spacial score (nSPS) is 17.4. The van der Waals surface area contributed by atoms with Crippen LogP contribution in [0, 0.1) is 5.92 Å². The maximum absolute atomic E-state index is 12.5. The van der Waals surface area contributed by atoms with Crippen molar-refractivity contribution >= 4 is 23.6 Å². The zero-order valence-corrected chi connectivity index (χ0v) is 13.7. The molecule has 4 rings (SSSR count). The smallest absolute Gasteiger partial charge is 0.302 e. The Morgan fingerprint density at radius 2 is 1.96 bits per heavy atom. The number of hydrogen-bond acceptors (Lipinski definition) is 6. The summed E-state index contributed by atoms with van der Waals surface area (Å²) in [6.45, 7) is 2.61. The average molecular weight is 341 g/mol. The number of amides is 2. The van der Waals surface area contributed by atoms with Crippen molar-refractivity contribution in [1.82, 2.24) is 14.9 Å². The summed E-state index contributed by atoms with van der Waals surface area (Å²) in [6, 6.07) is 5.89. The van der Waals surface area contributed by atoms with Crippen molar-refractivity contribution in [3.05, 3.63) is 36.4 Å². The Kier molecular flexibility index (Phi) is 4.09. The van der Waals surface area contributed by atoms with Crippen molar-refractivity contribution in [2.75, 3.05) is 36.4 Å². The second-order valence-corrected chi connectivity index (χ2v) is 6.27. The minimum Gasteiger partial charge on any atom is -0.431 e. The summed E-state index contributed by atoms with van der Waals surface area (Å²) in [5.74, 6) is 0.702. The molecule has 1 aliphatic heterocycles. The molecule has 0 aromatic carbocycles. The first kappa shape index (κ1) is 15.6. The standard InChI is InChI=1S/C17H19N5O3/c23-15(12-4-5-12)20-17-19-13(11-25-17)16(24)22-9-7-21(8-10-22)14-3-1-2-6-18-14/h1-3,6,11-12H,4-5,7-10H2,(H,19,20,23). The topological polar surface area (TPSA) is 91.6 Å². The molecule has 8 nitrogen and oxygen atoms in total. The van der Waals surface area contributed by atoms with Crippen LogP contribution < -0.4 is 10.2 Å². The molecule has 25 heavy (non-hydrogen) atoms. The zero-order valence-electron chi connectivity index (χ0n) is 13.7. The summed E-state index contributed by atoms with van der Waals surface area (Å²) in [7, 11) is 0. The van der Waals surface area contributed by atoms with E-state index in [0.717, 1.165) is 18.7 Å². The van der Waals surface area contributed by atoms with Gasteiger partial charge in [-0.3, -0.25) is 14.9 Å². The first-order chi connectivity index (χ1) is 12.2. The van der Waals surface area contributed by atoms with E-state index in [4.69, 9.17) is 4.42 Å². The van der Waals surface area contributed by atoms with Crippen LogP contribution in [-0.4, -0.2) is 52.9 Å². The predicted molar refractivity (Wildman–Crippen MR) is 90.2 cm³/mol. The summed E-state index contributed by atoms with van der Waals surface area (Å²) < 4.78 is 5.20. The maximum Gasteiger partial charge on any atom is 0.302 e. The molecule has 8 heteroatoms. The third kappa shape index (κ3) is 3.47. The number of carbonyl (C=O) groups excluding carboxylic acids is 2. The van der Waals surface area contributed by atoms with Gasteiger partial charge in [0, 0.05) is 38.3 Å². The lowest BCUT2D eigenvalue weighted by Gasteiger charge is -2.35. The van der Waals surface area contributed by atoms with E-state index in [1.54, 1.807) is 11.1 Å². The number of hydrogen-bond donors (Lipinski definition) is 1. The monoisotopic (exact) mass is 341 g/mol. The van der Waals surface area contributed by atoms with Crippen molar-refractivity contribution in [2.45, 2.75) is 12.8 Å². The van der Waals surface area contributed by atoms with E-state index in [-0.39, 0.29) is 29.4 Å². The fourth-order valence-electron chi connectivity index (χ4n) is 2.82. The minimum atomic E-state index is -0.184. The second kappa shape index (κ2) is 6.54. The number of rotatable bonds is 4. The number of anilines is 2. The Bertz CT molecular complexity index is 764. The number of carbonyl (C=O) groups is 2. The van der Waals surface area contributed by atoms with E-state index in [1.165, 1.54) is 6.26 Å². The lowest BCUT2D eigenvalue weighted by molar-refractivity contribution is -0.117. The van der Waals surface area contributed by atoms with E-state index in [9.17, 15) is 9.59 Å². The third-order valence-corrected chi connectivity index (χ3v) is 4.44. The van der Waals surface area contributed by atoms with Gasteiger partial charge in [-0.25, -0.2) is 4.98 Å². The number of oxazole rings is 1. The van der Waals surface area contributed by atoms with Crippen LogP contribution in [-0.2, 0) is 4.79 Å². The summed E-state index contributed by atoms with van der Waals surface area (Å²) in [6.07, 6.45) is 4.87. The average Bonchev–Trinajstić information content (AvgIpc) is 3.42. The molecule has 2 aromatic rings. The van der Waals surface area contributed by atoms with Crippen molar-refractivity contribution in [2.24, 2.45) is 5.92 Å². The van der Waals surface area contributed by atoms with E-state index in [2.05, 4.69) is 20.2 Å². The fourth-order valence-corrected chi connectivity index (χ4v) is 2.82. The molecule has 2 amide bonds. The number of piperazine rings is 1. The summed E-state index contributed by atoms with van der Waals surface area (Å²) in [5.41, 5.74) is 0.220. The molecule has 0 spiro atoms. The highest BCUT2D eigenvalue weighted by atomic mass is 16.4. The molecule has 0 atom stereocenters. The Morgan fingerprint density at radius 1 is 1.16 bits per heavy atom. The Morgan fingerprint density at radius 3 is 2.64 bits per heavy atom. The highest BCUT2D eigenvalue weighted by Crippen LogP contribution is 2.30. The van der Waals surface area contributed by atoms with Crippen LogP contribution in [0.4, 0.5) is 11.8 Å². The van der Waals surface area contributed by atoms with Crippen LogP contribution in [0.25, 0.3) is 0 Å². The predicted octanol–water partition coefficient (Wildman–Crippen LogP) is 1.38. The van der Waals surface area contributed by atoms with Gasteiger partial charge in [0.05, 0.1) is 0 Å². The van der Waals surface area contributed by atoms with Crippen molar-refractivity contribution in [3.8, 4) is 0 Å². The molecule has 1 saturated heterocycles. The molecule has 1 aliphatic carbocycles. The molecule has 0 bridgehead atoms. The first-order valence-electron chi connectivity index (χ1n) is 8.42. The van der Waals surface area contributed by atoms with Crippen molar-refractivity contribution in [3.63, 3.8) is 0 Å². The van der Waals surface area contributed by atoms with Crippen molar-refractivity contribution in [1.29, 1.82) is 0 Å². The summed E-state index contributed by atoms with van der Waals surface area (Å²) >= 11 is 0. The zero-order chi connectivity index (χ0) is 17.2. The fraction of sp³-hybridized carbons (Fsp3) is 0.412. The van der Waals surface area contributed by atoms with Crippen LogP contribution in [0.5, 0.6) is 0 Å². The van der Waals surface area contributed by atoms with Crippen LogP contribution in [0.15, 0.2) is 35.1 Å². The SMILES string of the molecule is O=C(Nc1nc(C(=O)N2CCN(c3ccccn3)CC2)co1)C1CC1. The van der Waals surface area contributed by atoms with E-state index < -0.39 is 0 Å². The molecule has 2 aromatic heterocycles. The number of aromatic nitrogens is 2. The Hall–Kier alpha value is -2.90. The maximum atomic E-state index is 12.5. The van der Waals surface area contributed by atoms with Crippen LogP contribution in [0.1, 0.15) is 23.3 Å². The molecule has 1 N–H and O–H groups in total. The highest BCUT2D eigenvalue weighted by molar-refractivity contribution is 5.94. The first-order valence-corrected chi connectivity index (χ1v) is 8.42. The van der Waals surface area contributed by atoms with Crippen molar-refractivity contribution < 1.29 is 14.0 Å². The van der Waals surface area contributed by atoms with E-state index >= 15 is 0 Å². The number of pyridine rings is 1. The van der Waals surface area contributed by atoms with Gasteiger partial charge in [0.15, 0.2) is 5.69 Å². The van der Waals surface area contributed by atoms with Gasteiger partial charge in [-0.15, -0.1) is 0 Å². The van der Waals surface area contributed by atoms with E-state index in [1.807, 2.05) is 18.2 Å². The van der Waals surface area contributed by atoms with Crippen LogP contribution in [0.2, 0.25) is 0 Å². The molecular formula is C17H19N5O3. The Balaban J connectivity index is 1.34. The van der Waals surface area contributed by atoms with Gasteiger partial charge in [-0.1, -0.05) is 6.07 Å². The van der Waals surface area contributed by atoms with Crippen LogP contribution >= 0.6 is 0 Å². The van der Waals surface area contributed by atoms with E-state index in [0.29, 0.717) is 26.2 Å².